The second-order valence-corrected chi connectivity index (χ2v) is 3.14. The number of rotatable bonds is 3. The topological polar surface area (TPSA) is 43.4 Å². The zero-order chi connectivity index (χ0) is 11.0. The average molecular weight is 210 g/mol. The smallest absolute Gasteiger partial charge is 0.405 e. The van der Waals surface area contributed by atoms with Crippen LogP contribution in [0.3, 0.4) is 0 Å². The van der Waals surface area contributed by atoms with Gasteiger partial charge in [0.15, 0.2) is 5.41 Å². The minimum Gasteiger partial charge on any atom is -0.465 e. The summed E-state index contributed by atoms with van der Waals surface area (Å²) in [4.78, 5) is 21.3. The molecule has 0 aromatic rings. The van der Waals surface area contributed by atoms with Gasteiger partial charge < -0.3 is 9.53 Å². The Balaban J connectivity index is 2.87. The minimum atomic E-state index is -4.70. The van der Waals surface area contributed by atoms with Crippen LogP contribution in [0.1, 0.15) is 13.3 Å². The number of carbonyl (C=O) groups excluding carboxylic acids is 2. The first-order valence-electron chi connectivity index (χ1n) is 4.09. The summed E-state index contributed by atoms with van der Waals surface area (Å²) in [5.41, 5.74) is -2.56. The number of hydrogen-bond acceptors (Lipinski definition) is 3. The van der Waals surface area contributed by atoms with Crippen molar-refractivity contribution in [3.63, 3.8) is 0 Å². The van der Waals surface area contributed by atoms with E-state index in [1.807, 2.05) is 0 Å². The summed E-state index contributed by atoms with van der Waals surface area (Å²) >= 11 is 0. The molecule has 0 heterocycles. The maximum absolute atomic E-state index is 12.4. The predicted octanol–water partition coefficient (Wildman–Crippen LogP) is 1.32. The molecule has 1 saturated carbocycles. The van der Waals surface area contributed by atoms with Crippen LogP contribution in [0.5, 0.6) is 0 Å². The van der Waals surface area contributed by atoms with E-state index >= 15 is 0 Å². The summed E-state index contributed by atoms with van der Waals surface area (Å²) < 4.78 is 41.7. The van der Waals surface area contributed by atoms with Crippen molar-refractivity contribution >= 4 is 12.3 Å². The third-order valence-corrected chi connectivity index (χ3v) is 2.32. The molecule has 0 amide bonds. The van der Waals surface area contributed by atoms with E-state index in [1.54, 1.807) is 0 Å². The molecule has 80 valence electrons. The fourth-order valence-electron chi connectivity index (χ4n) is 1.39. The van der Waals surface area contributed by atoms with E-state index in [0.29, 0.717) is 0 Å². The number of ether oxygens (including phenoxy) is 1. The van der Waals surface area contributed by atoms with Gasteiger partial charge in [-0.2, -0.15) is 13.2 Å². The van der Waals surface area contributed by atoms with Crippen LogP contribution in [0.25, 0.3) is 0 Å². The van der Waals surface area contributed by atoms with Gasteiger partial charge in [-0.15, -0.1) is 0 Å². The molecule has 0 N–H and O–H groups in total. The van der Waals surface area contributed by atoms with Gasteiger partial charge in [0.25, 0.3) is 0 Å². The molecular formula is C8H9F3O3. The molecule has 6 heteroatoms. The lowest BCUT2D eigenvalue weighted by atomic mass is 10.0. The highest BCUT2D eigenvalue weighted by molar-refractivity contribution is 5.87. The van der Waals surface area contributed by atoms with E-state index in [4.69, 9.17) is 0 Å². The van der Waals surface area contributed by atoms with Gasteiger partial charge in [-0.25, -0.2) is 0 Å². The van der Waals surface area contributed by atoms with Gasteiger partial charge in [0.2, 0.25) is 0 Å². The Kier molecular flexibility index (Phi) is 2.56. The standard InChI is InChI=1S/C8H9F3O3/c1-2-14-6(13)7(8(9,10)11)3-5(7)4-12/h4-5H,2-3H2,1H3/t5?,7-/m1/s1. The molecule has 14 heavy (non-hydrogen) atoms. The number of aldehydes is 1. The Hall–Kier alpha value is -1.07. The van der Waals surface area contributed by atoms with E-state index in [2.05, 4.69) is 4.74 Å². The summed E-state index contributed by atoms with van der Waals surface area (Å²) in [6, 6.07) is 0. The van der Waals surface area contributed by atoms with E-state index in [9.17, 15) is 22.8 Å². The van der Waals surface area contributed by atoms with Crippen LogP contribution in [0.4, 0.5) is 13.2 Å². The molecule has 0 bridgehead atoms. The molecule has 1 aliphatic carbocycles. The highest BCUT2D eigenvalue weighted by Crippen LogP contribution is 2.62. The van der Waals surface area contributed by atoms with Crippen molar-refractivity contribution in [2.45, 2.75) is 19.5 Å². The first kappa shape index (κ1) is 11.0. The second-order valence-electron chi connectivity index (χ2n) is 3.14. The molecule has 1 unspecified atom stereocenters. The molecule has 0 spiro atoms. The highest BCUT2D eigenvalue weighted by Gasteiger charge is 2.76. The normalized spacial score (nSPS) is 31.0. The van der Waals surface area contributed by atoms with Gasteiger partial charge in [-0.3, -0.25) is 4.79 Å². The molecule has 0 aromatic carbocycles. The molecule has 1 aliphatic rings. The molecule has 1 rings (SSSR count). The molecule has 0 aliphatic heterocycles. The average Bonchev–Trinajstić information content (AvgIpc) is 2.78. The monoisotopic (exact) mass is 210 g/mol. The van der Waals surface area contributed by atoms with Crippen molar-refractivity contribution in [1.82, 2.24) is 0 Å². The van der Waals surface area contributed by atoms with Crippen LogP contribution in [0.2, 0.25) is 0 Å². The summed E-state index contributed by atoms with van der Waals surface area (Å²) in [5, 5.41) is 0. The lowest BCUT2D eigenvalue weighted by molar-refractivity contribution is -0.209. The number of halogens is 3. The van der Waals surface area contributed by atoms with Gasteiger partial charge >= 0.3 is 12.1 Å². The Morgan fingerprint density at radius 1 is 1.64 bits per heavy atom. The van der Waals surface area contributed by atoms with Gasteiger partial charge in [0.05, 0.1) is 6.61 Å². The van der Waals surface area contributed by atoms with Crippen LogP contribution < -0.4 is 0 Å². The quantitative estimate of drug-likeness (QED) is 0.521. The summed E-state index contributed by atoms with van der Waals surface area (Å²) in [5.74, 6) is -2.62. The first-order valence-corrected chi connectivity index (χ1v) is 4.09. The van der Waals surface area contributed by atoms with Gasteiger partial charge in [0.1, 0.15) is 6.29 Å². The van der Waals surface area contributed by atoms with Crippen LogP contribution >= 0.6 is 0 Å². The Morgan fingerprint density at radius 2 is 2.21 bits per heavy atom. The summed E-state index contributed by atoms with van der Waals surface area (Å²) in [6.07, 6.45) is -5.03. The van der Waals surface area contributed by atoms with Crippen molar-refractivity contribution in [1.29, 1.82) is 0 Å². The van der Waals surface area contributed by atoms with Crippen molar-refractivity contribution in [3.8, 4) is 0 Å². The van der Waals surface area contributed by atoms with E-state index < -0.39 is 29.9 Å². The summed E-state index contributed by atoms with van der Waals surface area (Å²) in [7, 11) is 0. The molecule has 0 saturated heterocycles. The van der Waals surface area contributed by atoms with E-state index in [-0.39, 0.29) is 12.9 Å². The van der Waals surface area contributed by atoms with Crippen LogP contribution in [0, 0.1) is 11.3 Å². The van der Waals surface area contributed by atoms with Gasteiger partial charge in [-0.1, -0.05) is 0 Å². The second kappa shape index (κ2) is 3.25. The third kappa shape index (κ3) is 1.38. The molecule has 1 fully saturated rings. The SMILES string of the molecule is CCOC(=O)[C@@]1(C(F)(F)F)CC1C=O. The first-order chi connectivity index (χ1) is 6.40. The zero-order valence-electron chi connectivity index (χ0n) is 7.43. The largest absolute Gasteiger partial charge is 0.465 e. The minimum absolute atomic E-state index is 0.123. The van der Waals surface area contributed by atoms with Crippen molar-refractivity contribution < 1.29 is 27.5 Å². The van der Waals surface area contributed by atoms with E-state index in [1.165, 1.54) is 6.92 Å². The number of hydrogen-bond donors (Lipinski definition) is 0. The Labute approximate surface area is 78.2 Å². The maximum Gasteiger partial charge on any atom is 0.405 e. The zero-order valence-corrected chi connectivity index (χ0v) is 7.43. The number of esters is 1. The van der Waals surface area contributed by atoms with Crippen LogP contribution in [-0.4, -0.2) is 25.0 Å². The fraction of sp³-hybridized carbons (Fsp3) is 0.750. The van der Waals surface area contributed by atoms with Crippen LogP contribution in [0.15, 0.2) is 0 Å². The Bertz CT molecular complexity index is 261. The number of alkyl halides is 3. The molecule has 2 atom stereocenters. The highest BCUT2D eigenvalue weighted by atomic mass is 19.4. The van der Waals surface area contributed by atoms with Crippen molar-refractivity contribution in [2.24, 2.45) is 11.3 Å². The summed E-state index contributed by atoms with van der Waals surface area (Å²) in [6.45, 7) is 1.29. The molecular weight excluding hydrogens is 201 g/mol. The molecule has 3 nitrogen and oxygen atoms in total. The third-order valence-electron chi connectivity index (χ3n) is 2.32. The number of carbonyl (C=O) groups is 2. The molecule has 0 aromatic heterocycles. The Morgan fingerprint density at radius 3 is 2.50 bits per heavy atom. The van der Waals surface area contributed by atoms with Gasteiger partial charge in [-0.05, 0) is 13.3 Å². The maximum atomic E-state index is 12.4. The van der Waals surface area contributed by atoms with Gasteiger partial charge in [0, 0.05) is 5.92 Å². The van der Waals surface area contributed by atoms with Crippen molar-refractivity contribution in [2.75, 3.05) is 6.61 Å². The molecule has 0 radical (unpaired) electrons. The van der Waals surface area contributed by atoms with E-state index in [0.717, 1.165) is 0 Å². The van der Waals surface area contributed by atoms with Crippen LogP contribution in [-0.2, 0) is 14.3 Å². The fourth-order valence-corrected chi connectivity index (χ4v) is 1.39. The predicted molar refractivity (Wildman–Crippen MR) is 39.3 cm³/mol. The van der Waals surface area contributed by atoms with Crippen molar-refractivity contribution in [3.05, 3.63) is 0 Å². The lowest BCUT2D eigenvalue weighted by Gasteiger charge is -2.17. The lowest BCUT2D eigenvalue weighted by Crippen LogP contribution is -2.36.